The zero-order chi connectivity index (χ0) is 20.9. The van der Waals surface area contributed by atoms with Gasteiger partial charge in [-0.05, 0) is 15.4 Å². The molecule has 1 saturated carbocycles. The molecule has 5 rings (SSSR count). The zero-order valence-corrected chi connectivity index (χ0v) is 18.9. The number of carbonyl (C=O) groups excluding carboxylic acids is 1. The van der Waals surface area contributed by atoms with Gasteiger partial charge >= 0.3 is 5.97 Å². The van der Waals surface area contributed by atoms with Crippen LogP contribution in [0.4, 0.5) is 0 Å². The molecule has 5 heteroatoms. The first-order valence-corrected chi connectivity index (χ1v) is 12.9. The van der Waals surface area contributed by atoms with Crippen LogP contribution in [0.25, 0.3) is 0 Å². The summed E-state index contributed by atoms with van der Waals surface area (Å²) in [4.78, 5) is 11.9. The highest BCUT2D eigenvalue weighted by Crippen LogP contribution is 2.50. The lowest BCUT2D eigenvalue weighted by Crippen LogP contribution is -2.68. The number of esters is 1. The van der Waals surface area contributed by atoms with E-state index >= 15 is 0 Å². The molecule has 0 radical (unpaired) electrons. The van der Waals surface area contributed by atoms with E-state index in [0.29, 0.717) is 6.42 Å². The molecule has 30 heavy (non-hydrogen) atoms. The van der Waals surface area contributed by atoms with Crippen LogP contribution in [0.2, 0.25) is 5.04 Å². The van der Waals surface area contributed by atoms with Crippen molar-refractivity contribution in [3.63, 3.8) is 0 Å². The molecule has 4 nitrogen and oxygen atoms in total. The summed E-state index contributed by atoms with van der Waals surface area (Å²) in [6.45, 7) is 7.68. The molecule has 0 spiro atoms. The molecule has 1 aliphatic carbocycles. The molecule has 3 fully saturated rings. The largest absolute Gasteiger partial charge is 0.462 e. The molecule has 2 aromatic rings. The van der Waals surface area contributed by atoms with Crippen LogP contribution in [-0.4, -0.2) is 39.2 Å². The fraction of sp³-hybridized carbons (Fsp3) is 0.480. The Morgan fingerprint density at radius 2 is 1.50 bits per heavy atom. The summed E-state index contributed by atoms with van der Waals surface area (Å²) in [6.07, 6.45) is 1.46. The van der Waals surface area contributed by atoms with E-state index in [-0.39, 0.29) is 41.2 Å². The van der Waals surface area contributed by atoms with Gasteiger partial charge in [0.15, 0.2) is 0 Å². The third-order valence-electron chi connectivity index (χ3n) is 7.08. The highest BCUT2D eigenvalue weighted by Gasteiger charge is 2.60. The summed E-state index contributed by atoms with van der Waals surface area (Å²) in [7, 11) is -2.64. The van der Waals surface area contributed by atoms with Crippen molar-refractivity contribution in [2.45, 2.75) is 57.0 Å². The molecule has 158 valence electrons. The van der Waals surface area contributed by atoms with E-state index in [4.69, 9.17) is 13.9 Å². The summed E-state index contributed by atoms with van der Waals surface area (Å²) < 4.78 is 18.8. The summed E-state index contributed by atoms with van der Waals surface area (Å²) >= 11 is 0. The maximum Gasteiger partial charge on any atom is 0.306 e. The molecular weight excluding hydrogens is 392 g/mol. The van der Waals surface area contributed by atoms with Gasteiger partial charge in [0.1, 0.15) is 6.10 Å². The Morgan fingerprint density at radius 3 is 2.00 bits per heavy atom. The van der Waals surface area contributed by atoms with Crippen molar-refractivity contribution in [2.24, 2.45) is 11.8 Å². The summed E-state index contributed by atoms with van der Waals surface area (Å²) in [5.41, 5.74) is 0. The smallest absolute Gasteiger partial charge is 0.306 e. The van der Waals surface area contributed by atoms with E-state index in [1.54, 1.807) is 0 Å². The Kier molecular flexibility index (Phi) is 4.88. The van der Waals surface area contributed by atoms with Crippen molar-refractivity contribution < 1.29 is 18.7 Å². The minimum Gasteiger partial charge on any atom is -0.462 e. The van der Waals surface area contributed by atoms with Crippen LogP contribution in [0.5, 0.6) is 0 Å². The van der Waals surface area contributed by atoms with Gasteiger partial charge in [-0.25, -0.2) is 0 Å². The van der Waals surface area contributed by atoms with Gasteiger partial charge < -0.3 is 13.9 Å². The average molecular weight is 423 g/mol. The first kappa shape index (κ1) is 20.0. The van der Waals surface area contributed by atoms with Gasteiger partial charge in [0.2, 0.25) is 0 Å². The van der Waals surface area contributed by atoms with Gasteiger partial charge in [-0.3, -0.25) is 4.79 Å². The van der Waals surface area contributed by atoms with E-state index < -0.39 is 8.32 Å². The summed E-state index contributed by atoms with van der Waals surface area (Å²) in [6, 6.07) is 21.5. The molecule has 2 saturated heterocycles. The predicted octanol–water partition coefficient (Wildman–Crippen LogP) is 3.28. The number of epoxide rings is 1. The van der Waals surface area contributed by atoms with E-state index in [1.165, 1.54) is 10.4 Å². The standard InChI is InChI=1S/C25H30O4Si/c1-25(2,3)30(17-10-6-4-7-11-17,18-12-8-5-9-13-18)29-21-15-20-19(14-23(26)28-20)24(21)22-16-27-22/h4-13,19-22,24H,14-16H2,1-3H3/t19-,20-,21+,22-,24+/m0/s1. The molecule has 0 N–H and O–H groups in total. The molecule has 0 unspecified atom stereocenters. The van der Waals surface area contributed by atoms with Crippen LogP contribution >= 0.6 is 0 Å². The van der Waals surface area contributed by atoms with E-state index in [9.17, 15) is 4.79 Å². The third-order valence-corrected chi connectivity index (χ3v) is 12.1. The quantitative estimate of drug-likeness (QED) is 0.422. The predicted molar refractivity (Wildman–Crippen MR) is 118 cm³/mol. The van der Waals surface area contributed by atoms with Crippen LogP contribution in [0.3, 0.4) is 0 Å². The molecule has 5 atom stereocenters. The lowest BCUT2D eigenvalue weighted by atomic mass is 9.89. The second kappa shape index (κ2) is 7.33. The number of rotatable bonds is 5. The summed E-state index contributed by atoms with van der Waals surface area (Å²) in [5.74, 6) is 0.371. The second-order valence-electron chi connectivity index (χ2n) is 9.90. The number of hydrogen-bond donors (Lipinski definition) is 0. The van der Waals surface area contributed by atoms with Crippen molar-refractivity contribution in [1.29, 1.82) is 0 Å². The number of fused-ring (bicyclic) bond motifs is 1. The third kappa shape index (κ3) is 3.24. The fourth-order valence-electron chi connectivity index (χ4n) is 5.73. The van der Waals surface area contributed by atoms with Crippen LogP contribution < -0.4 is 10.4 Å². The first-order valence-electron chi connectivity index (χ1n) is 11.0. The van der Waals surface area contributed by atoms with Crippen molar-refractivity contribution in [3.8, 4) is 0 Å². The summed E-state index contributed by atoms with van der Waals surface area (Å²) in [5, 5.41) is 2.50. The van der Waals surface area contributed by atoms with Crippen LogP contribution in [0, 0.1) is 11.8 Å². The average Bonchev–Trinajstić information content (AvgIpc) is 3.41. The van der Waals surface area contributed by atoms with Crippen LogP contribution in [0.15, 0.2) is 60.7 Å². The minimum absolute atomic E-state index is 0.0325. The van der Waals surface area contributed by atoms with Crippen LogP contribution in [0.1, 0.15) is 33.6 Å². The Labute approximate surface area is 179 Å². The molecule has 3 aliphatic rings. The Hall–Kier alpha value is -1.95. The Morgan fingerprint density at radius 1 is 0.933 bits per heavy atom. The maximum absolute atomic E-state index is 11.9. The van der Waals surface area contributed by atoms with Crippen molar-refractivity contribution in [3.05, 3.63) is 60.7 Å². The van der Waals surface area contributed by atoms with Gasteiger partial charge in [0, 0.05) is 18.3 Å². The van der Waals surface area contributed by atoms with Gasteiger partial charge in [0.25, 0.3) is 8.32 Å². The van der Waals surface area contributed by atoms with E-state index in [1.807, 2.05) is 0 Å². The van der Waals surface area contributed by atoms with Crippen molar-refractivity contribution in [1.82, 2.24) is 0 Å². The van der Waals surface area contributed by atoms with Crippen LogP contribution in [-0.2, 0) is 18.7 Å². The molecule has 2 aromatic carbocycles. The van der Waals surface area contributed by atoms with Gasteiger partial charge in [0.05, 0.1) is 25.2 Å². The molecule has 2 aliphatic heterocycles. The molecule has 0 bridgehead atoms. The first-order chi connectivity index (χ1) is 14.4. The molecular formula is C25H30O4Si. The normalized spacial score (nSPS) is 30.8. The van der Waals surface area contributed by atoms with E-state index in [0.717, 1.165) is 13.0 Å². The number of carbonyl (C=O) groups is 1. The SMILES string of the molecule is CC(C)(C)[Si](O[C@@H]1C[C@@H]2OC(=O)C[C@@H]2[C@H]1[C@@H]1CO1)(c1ccccc1)c1ccccc1. The Balaban J connectivity index is 1.60. The molecule has 0 aromatic heterocycles. The van der Waals surface area contributed by atoms with E-state index in [2.05, 4.69) is 81.4 Å². The topological polar surface area (TPSA) is 48.1 Å². The molecule has 0 amide bonds. The minimum atomic E-state index is -2.64. The van der Waals surface area contributed by atoms with Crippen molar-refractivity contribution >= 4 is 24.7 Å². The maximum atomic E-state index is 11.9. The zero-order valence-electron chi connectivity index (χ0n) is 17.9. The second-order valence-corrected chi connectivity index (χ2v) is 14.2. The van der Waals surface area contributed by atoms with Gasteiger partial charge in [-0.1, -0.05) is 81.4 Å². The lowest BCUT2D eigenvalue weighted by Gasteiger charge is -2.45. The van der Waals surface area contributed by atoms with Crippen molar-refractivity contribution in [2.75, 3.05) is 6.61 Å². The number of ether oxygens (including phenoxy) is 2. The van der Waals surface area contributed by atoms with Gasteiger partial charge in [-0.15, -0.1) is 0 Å². The fourth-order valence-corrected chi connectivity index (χ4v) is 10.5. The van der Waals surface area contributed by atoms with Gasteiger partial charge in [-0.2, -0.15) is 0 Å². The highest BCUT2D eigenvalue weighted by molar-refractivity contribution is 6.99. The highest BCUT2D eigenvalue weighted by atomic mass is 28.4. The number of hydrogen-bond acceptors (Lipinski definition) is 4. The monoisotopic (exact) mass is 422 g/mol. The lowest BCUT2D eigenvalue weighted by molar-refractivity contribution is -0.141. The Bertz CT molecular complexity index is 864. The molecule has 2 heterocycles. The number of benzene rings is 2.